The Morgan fingerprint density at radius 1 is 1.04 bits per heavy atom. The van der Waals surface area contributed by atoms with Gasteiger partial charge in [0.25, 0.3) is 5.91 Å². The molecule has 0 aliphatic carbocycles. The molecular formula is C21H24FN3O3. The second-order valence-electron chi connectivity index (χ2n) is 6.65. The molecule has 2 amide bonds. The van der Waals surface area contributed by atoms with E-state index in [1.54, 1.807) is 42.3 Å². The molecule has 28 heavy (non-hydrogen) atoms. The second kappa shape index (κ2) is 9.32. The number of nitrogens with zero attached hydrogens (tertiary/aromatic N) is 2. The van der Waals surface area contributed by atoms with Gasteiger partial charge in [-0.05, 0) is 29.8 Å². The van der Waals surface area contributed by atoms with Crippen molar-refractivity contribution in [3.05, 3.63) is 65.5 Å². The van der Waals surface area contributed by atoms with Gasteiger partial charge in [-0.25, -0.2) is 4.39 Å². The molecule has 1 aliphatic heterocycles. The molecule has 2 aromatic rings. The van der Waals surface area contributed by atoms with Gasteiger partial charge in [-0.1, -0.05) is 24.3 Å². The SMILES string of the molecule is CNC(=O)CN1CCN(C(=O)c2ccccc2OCc2ccc(F)cc2)CC1. The lowest BCUT2D eigenvalue weighted by Crippen LogP contribution is -2.50. The van der Waals surface area contributed by atoms with Crippen molar-refractivity contribution in [2.75, 3.05) is 39.8 Å². The fourth-order valence-electron chi connectivity index (χ4n) is 3.07. The number of rotatable bonds is 6. The van der Waals surface area contributed by atoms with Gasteiger partial charge >= 0.3 is 0 Å². The Balaban J connectivity index is 1.61. The van der Waals surface area contributed by atoms with Crippen molar-refractivity contribution < 1.29 is 18.7 Å². The summed E-state index contributed by atoms with van der Waals surface area (Å²) in [5.41, 5.74) is 1.33. The molecule has 0 unspecified atom stereocenters. The number of carbonyl (C=O) groups is 2. The van der Waals surface area contributed by atoms with Gasteiger partial charge in [-0.15, -0.1) is 0 Å². The van der Waals surface area contributed by atoms with Crippen LogP contribution >= 0.6 is 0 Å². The number of nitrogens with one attached hydrogen (secondary N) is 1. The number of carbonyl (C=O) groups excluding carboxylic acids is 2. The molecule has 0 aromatic heterocycles. The van der Waals surface area contributed by atoms with Crippen LogP contribution in [0, 0.1) is 5.82 Å². The Labute approximate surface area is 163 Å². The summed E-state index contributed by atoms with van der Waals surface area (Å²) < 4.78 is 18.9. The Kier molecular flexibility index (Phi) is 6.60. The van der Waals surface area contributed by atoms with Crippen LogP contribution in [-0.4, -0.2) is 61.4 Å². The van der Waals surface area contributed by atoms with Crippen LogP contribution in [0.2, 0.25) is 0 Å². The highest BCUT2D eigenvalue weighted by molar-refractivity contribution is 5.97. The van der Waals surface area contributed by atoms with Gasteiger partial charge in [0.2, 0.25) is 5.91 Å². The summed E-state index contributed by atoms with van der Waals surface area (Å²) in [6, 6.07) is 13.2. The highest BCUT2D eigenvalue weighted by Gasteiger charge is 2.25. The average Bonchev–Trinajstić information content (AvgIpc) is 2.73. The summed E-state index contributed by atoms with van der Waals surface area (Å²) in [6.07, 6.45) is 0. The normalized spacial score (nSPS) is 14.6. The highest BCUT2D eigenvalue weighted by atomic mass is 19.1. The van der Waals surface area contributed by atoms with Crippen molar-refractivity contribution in [1.82, 2.24) is 15.1 Å². The van der Waals surface area contributed by atoms with Gasteiger partial charge in [0.15, 0.2) is 0 Å². The van der Waals surface area contributed by atoms with Gasteiger partial charge in [-0.2, -0.15) is 0 Å². The Hall–Kier alpha value is -2.93. The van der Waals surface area contributed by atoms with Gasteiger partial charge in [0.05, 0.1) is 12.1 Å². The van der Waals surface area contributed by atoms with Gasteiger partial charge in [0.1, 0.15) is 18.2 Å². The van der Waals surface area contributed by atoms with Gasteiger partial charge in [-0.3, -0.25) is 14.5 Å². The molecule has 148 valence electrons. The van der Waals surface area contributed by atoms with E-state index >= 15 is 0 Å². The Morgan fingerprint density at radius 3 is 2.39 bits per heavy atom. The van der Waals surface area contributed by atoms with Crippen molar-refractivity contribution in [1.29, 1.82) is 0 Å². The summed E-state index contributed by atoms with van der Waals surface area (Å²) in [5, 5.41) is 2.61. The first-order chi connectivity index (χ1) is 13.6. The molecule has 1 fully saturated rings. The standard InChI is InChI=1S/C21H24FN3O3/c1-23-20(26)14-24-10-12-25(13-11-24)21(27)18-4-2-3-5-19(18)28-15-16-6-8-17(22)9-7-16/h2-9H,10-15H2,1H3,(H,23,26). The van der Waals surface area contributed by atoms with Gasteiger partial charge < -0.3 is 15.0 Å². The number of ether oxygens (including phenoxy) is 1. The number of hydrogen-bond donors (Lipinski definition) is 1. The topological polar surface area (TPSA) is 61.9 Å². The van der Waals surface area contributed by atoms with E-state index in [-0.39, 0.29) is 24.2 Å². The van der Waals surface area contributed by atoms with Crippen molar-refractivity contribution in [2.45, 2.75) is 6.61 Å². The predicted molar refractivity (Wildman–Crippen MR) is 104 cm³/mol. The minimum Gasteiger partial charge on any atom is -0.488 e. The largest absolute Gasteiger partial charge is 0.488 e. The first kappa shape index (κ1) is 19.8. The maximum atomic E-state index is 13.0. The lowest BCUT2D eigenvalue weighted by atomic mass is 10.1. The summed E-state index contributed by atoms with van der Waals surface area (Å²) >= 11 is 0. The van der Waals surface area contributed by atoms with E-state index in [1.165, 1.54) is 12.1 Å². The smallest absolute Gasteiger partial charge is 0.257 e. The van der Waals surface area contributed by atoms with E-state index in [4.69, 9.17) is 4.74 Å². The lowest BCUT2D eigenvalue weighted by molar-refractivity contribution is -0.122. The Morgan fingerprint density at radius 2 is 1.71 bits per heavy atom. The third-order valence-corrected chi connectivity index (χ3v) is 4.73. The number of likely N-dealkylation sites (N-methyl/N-ethyl adjacent to an activating group) is 1. The number of amides is 2. The fourth-order valence-corrected chi connectivity index (χ4v) is 3.07. The molecule has 1 N–H and O–H groups in total. The average molecular weight is 385 g/mol. The van der Waals surface area contributed by atoms with Crippen LogP contribution in [0.5, 0.6) is 5.75 Å². The zero-order chi connectivity index (χ0) is 19.9. The van der Waals surface area contributed by atoms with E-state index in [0.29, 0.717) is 44.0 Å². The molecule has 2 aromatic carbocycles. The fraction of sp³-hybridized carbons (Fsp3) is 0.333. The number of halogens is 1. The van der Waals surface area contributed by atoms with E-state index in [1.807, 2.05) is 11.0 Å². The van der Waals surface area contributed by atoms with Crippen molar-refractivity contribution in [2.24, 2.45) is 0 Å². The molecule has 1 heterocycles. The molecule has 6 nitrogen and oxygen atoms in total. The second-order valence-corrected chi connectivity index (χ2v) is 6.65. The molecule has 0 spiro atoms. The predicted octanol–water partition coefficient (Wildman–Crippen LogP) is 1.91. The summed E-state index contributed by atoms with van der Waals surface area (Å²) in [4.78, 5) is 28.3. The van der Waals surface area contributed by atoms with Gasteiger partial charge in [0, 0.05) is 33.2 Å². The van der Waals surface area contributed by atoms with Crippen LogP contribution in [-0.2, 0) is 11.4 Å². The molecule has 1 saturated heterocycles. The molecule has 0 radical (unpaired) electrons. The van der Waals surface area contributed by atoms with E-state index in [9.17, 15) is 14.0 Å². The van der Waals surface area contributed by atoms with Crippen LogP contribution in [0.25, 0.3) is 0 Å². The first-order valence-corrected chi connectivity index (χ1v) is 9.25. The van der Waals surface area contributed by atoms with Crippen LogP contribution in [0.4, 0.5) is 4.39 Å². The summed E-state index contributed by atoms with van der Waals surface area (Å²) in [5.74, 6) is 0.0909. The van der Waals surface area contributed by atoms with Crippen LogP contribution in [0.15, 0.2) is 48.5 Å². The molecular weight excluding hydrogens is 361 g/mol. The third kappa shape index (κ3) is 5.07. The number of hydrogen-bond acceptors (Lipinski definition) is 4. The summed E-state index contributed by atoms with van der Waals surface area (Å²) in [7, 11) is 1.62. The highest BCUT2D eigenvalue weighted by Crippen LogP contribution is 2.22. The van der Waals surface area contributed by atoms with E-state index in [0.717, 1.165) is 5.56 Å². The number of benzene rings is 2. The number of piperazine rings is 1. The van der Waals surface area contributed by atoms with Crippen LogP contribution in [0.1, 0.15) is 15.9 Å². The molecule has 0 saturated carbocycles. The molecule has 1 aliphatic rings. The van der Waals surface area contributed by atoms with Crippen LogP contribution < -0.4 is 10.1 Å². The van der Waals surface area contributed by atoms with Crippen molar-refractivity contribution >= 4 is 11.8 Å². The first-order valence-electron chi connectivity index (χ1n) is 9.25. The minimum atomic E-state index is -0.296. The maximum absolute atomic E-state index is 13.0. The zero-order valence-electron chi connectivity index (χ0n) is 15.9. The third-order valence-electron chi connectivity index (χ3n) is 4.73. The maximum Gasteiger partial charge on any atom is 0.257 e. The molecule has 0 bridgehead atoms. The lowest BCUT2D eigenvalue weighted by Gasteiger charge is -2.34. The molecule has 7 heteroatoms. The monoisotopic (exact) mass is 385 g/mol. The summed E-state index contributed by atoms with van der Waals surface area (Å²) in [6.45, 7) is 3.01. The van der Waals surface area contributed by atoms with Crippen molar-refractivity contribution in [3.8, 4) is 5.75 Å². The zero-order valence-corrected chi connectivity index (χ0v) is 15.9. The molecule has 3 rings (SSSR count). The van der Waals surface area contributed by atoms with E-state index in [2.05, 4.69) is 5.32 Å². The number of para-hydroxylation sites is 1. The van der Waals surface area contributed by atoms with Crippen LogP contribution in [0.3, 0.4) is 0 Å². The Bertz CT molecular complexity index is 818. The van der Waals surface area contributed by atoms with Crippen molar-refractivity contribution in [3.63, 3.8) is 0 Å². The molecule has 0 atom stereocenters. The van der Waals surface area contributed by atoms with E-state index < -0.39 is 0 Å². The quantitative estimate of drug-likeness (QED) is 0.825. The minimum absolute atomic E-state index is 0.0284.